The van der Waals surface area contributed by atoms with Crippen LogP contribution in [0.3, 0.4) is 0 Å². The third-order valence-electron chi connectivity index (χ3n) is 5.52. The van der Waals surface area contributed by atoms with E-state index in [0.29, 0.717) is 24.4 Å². The Morgan fingerprint density at radius 3 is 2.43 bits per heavy atom. The van der Waals surface area contributed by atoms with Crippen LogP contribution in [0.1, 0.15) is 39.2 Å². The zero-order chi connectivity index (χ0) is 25.6. The largest absolute Gasteiger partial charge is 0.493 e. The molecule has 1 atom stereocenters. The van der Waals surface area contributed by atoms with Crippen molar-refractivity contribution in [2.75, 3.05) is 25.6 Å². The third-order valence-corrected chi connectivity index (χ3v) is 6.77. The maximum absolute atomic E-state index is 12.9. The molecule has 1 aliphatic rings. The SMILES string of the molecule is COc1ccc(CN(C[C@H]2CCCO2)C(=O)C(C)C)cc1OS(=O)(=O)c1ccc(NC(C)=O)cc1. The number of nitrogens with zero attached hydrogens (tertiary/aromatic N) is 1. The Balaban J connectivity index is 1.82. The first-order valence-corrected chi connectivity index (χ1v) is 12.9. The molecule has 1 fully saturated rings. The molecule has 3 rings (SSSR count). The van der Waals surface area contributed by atoms with Gasteiger partial charge in [-0.3, -0.25) is 9.59 Å². The Hall–Kier alpha value is -3.11. The van der Waals surface area contributed by atoms with Crippen LogP contribution in [-0.4, -0.2) is 51.5 Å². The van der Waals surface area contributed by atoms with Crippen LogP contribution in [0.5, 0.6) is 11.5 Å². The number of methoxy groups -OCH3 is 1. The summed E-state index contributed by atoms with van der Waals surface area (Å²) < 4.78 is 42.3. The fourth-order valence-electron chi connectivity index (χ4n) is 3.81. The van der Waals surface area contributed by atoms with E-state index in [1.54, 1.807) is 23.1 Å². The minimum absolute atomic E-state index is 0.00694. The number of ether oxygens (including phenoxy) is 2. The second-order valence-electron chi connectivity index (χ2n) is 8.74. The molecule has 10 heteroatoms. The summed E-state index contributed by atoms with van der Waals surface area (Å²) >= 11 is 0. The summed E-state index contributed by atoms with van der Waals surface area (Å²) in [4.78, 5) is 25.7. The second kappa shape index (κ2) is 11.5. The van der Waals surface area contributed by atoms with Crippen molar-refractivity contribution in [3.8, 4) is 11.5 Å². The Labute approximate surface area is 206 Å². The van der Waals surface area contributed by atoms with Crippen LogP contribution in [0.2, 0.25) is 0 Å². The highest BCUT2D eigenvalue weighted by Gasteiger charge is 2.25. The second-order valence-corrected chi connectivity index (χ2v) is 10.3. The molecule has 9 nitrogen and oxygen atoms in total. The van der Waals surface area contributed by atoms with E-state index in [1.807, 2.05) is 13.8 Å². The maximum atomic E-state index is 12.9. The van der Waals surface area contributed by atoms with Crippen molar-refractivity contribution in [2.24, 2.45) is 5.92 Å². The molecule has 0 aliphatic carbocycles. The van der Waals surface area contributed by atoms with Crippen LogP contribution >= 0.6 is 0 Å². The van der Waals surface area contributed by atoms with E-state index in [9.17, 15) is 18.0 Å². The van der Waals surface area contributed by atoms with E-state index in [0.717, 1.165) is 12.8 Å². The fraction of sp³-hybridized carbons (Fsp3) is 0.440. The number of benzene rings is 2. The third kappa shape index (κ3) is 7.19. The van der Waals surface area contributed by atoms with Gasteiger partial charge in [0.15, 0.2) is 11.5 Å². The molecule has 2 aromatic carbocycles. The highest BCUT2D eigenvalue weighted by molar-refractivity contribution is 7.87. The molecule has 35 heavy (non-hydrogen) atoms. The average Bonchev–Trinajstić information content (AvgIpc) is 3.31. The van der Waals surface area contributed by atoms with E-state index < -0.39 is 10.1 Å². The van der Waals surface area contributed by atoms with Gasteiger partial charge in [-0.1, -0.05) is 19.9 Å². The standard InChI is InChI=1S/C25H32N2O7S/c1-17(2)25(29)27(16-21-6-5-13-33-21)15-19-7-12-23(32-4)24(14-19)34-35(30,31)22-10-8-20(9-11-22)26-18(3)28/h7-12,14,17,21H,5-6,13,15-16H2,1-4H3,(H,26,28)/t21-/m1/s1. The van der Waals surface area contributed by atoms with Gasteiger partial charge in [0.05, 0.1) is 13.2 Å². The molecule has 1 N–H and O–H groups in total. The van der Waals surface area contributed by atoms with E-state index in [2.05, 4.69) is 5.32 Å². The predicted octanol–water partition coefficient (Wildman–Crippen LogP) is 3.58. The topological polar surface area (TPSA) is 111 Å². The van der Waals surface area contributed by atoms with Gasteiger partial charge in [-0.15, -0.1) is 0 Å². The van der Waals surface area contributed by atoms with Crippen molar-refractivity contribution >= 4 is 27.6 Å². The summed E-state index contributed by atoms with van der Waals surface area (Å²) in [6.07, 6.45) is 1.86. The lowest BCUT2D eigenvalue weighted by Gasteiger charge is -2.27. The van der Waals surface area contributed by atoms with E-state index in [4.69, 9.17) is 13.7 Å². The van der Waals surface area contributed by atoms with Crippen LogP contribution < -0.4 is 14.2 Å². The lowest BCUT2D eigenvalue weighted by Crippen LogP contribution is -2.39. The van der Waals surface area contributed by atoms with E-state index in [-0.39, 0.29) is 46.8 Å². The van der Waals surface area contributed by atoms with Gasteiger partial charge in [-0.2, -0.15) is 8.42 Å². The van der Waals surface area contributed by atoms with Crippen molar-refractivity contribution in [2.45, 2.75) is 51.2 Å². The van der Waals surface area contributed by atoms with Crippen LogP contribution in [0.4, 0.5) is 5.69 Å². The summed E-state index contributed by atoms with van der Waals surface area (Å²) in [5.41, 5.74) is 1.17. The monoisotopic (exact) mass is 504 g/mol. The molecule has 1 aliphatic heterocycles. The highest BCUT2D eigenvalue weighted by atomic mass is 32.2. The number of rotatable bonds is 10. The lowest BCUT2D eigenvalue weighted by molar-refractivity contribution is -0.136. The molecule has 1 heterocycles. The molecule has 2 amide bonds. The number of nitrogens with one attached hydrogen (secondary N) is 1. The van der Waals surface area contributed by atoms with Crippen molar-refractivity contribution in [3.05, 3.63) is 48.0 Å². The van der Waals surface area contributed by atoms with E-state index >= 15 is 0 Å². The van der Waals surface area contributed by atoms with Crippen molar-refractivity contribution in [1.29, 1.82) is 0 Å². The minimum Gasteiger partial charge on any atom is -0.493 e. The van der Waals surface area contributed by atoms with Gasteiger partial charge in [0.2, 0.25) is 11.8 Å². The molecular formula is C25H32N2O7S. The molecule has 190 valence electrons. The quantitative estimate of drug-likeness (QED) is 0.492. The van der Waals surface area contributed by atoms with Crippen molar-refractivity contribution in [3.63, 3.8) is 0 Å². The van der Waals surface area contributed by atoms with Gasteiger partial charge >= 0.3 is 10.1 Å². The molecule has 0 unspecified atom stereocenters. The summed E-state index contributed by atoms with van der Waals surface area (Å²) in [6, 6.07) is 10.6. The predicted molar refractivity (Wildman–Crippen MR) is 131 cm³/mol. The molecule has 0 spiro atoms. The Bertz CT molecular complexity index is 1140. The smallest absolute Gasteiger partial charge is 0.339 e. The molecule has 0 bridgehead atoms. The number of hydrogen-bond donors (Lipinski definition) is 1. The van der Waals surface area contributed by atoms with Gasteiger partial charge in [0.25, 0.3) is 0 Å². The van der Waals surface area contributed by atoms with Gasteiger partial charge in [0, 0.05) is 38.2 Å². The Morgan fingerprint density at radius 1 is 1.14 bits per heavy atom. The summed E-state index contributed by atoms with van der Waals surface area (Å²) in [7, 11) is -2.76. The van der Waals surface area contributed by atoms with Crippen LogP contribution in [-0.2, 0) is 31.0 Å². The number of carbonyl (C=O) groups is 2. The number of carbonyl (C=O) groups excluding carboxylic acids is 2. The van der Waals surface area contributed by atoms with Crippen LogP contribution in [0.15, 0.2) is 47.4 Å². The fourth-order valence-corrected chi connectivity index (χ4v) is 4.74. The molecule has 0 aromatic heterocycles. The zero-order valence-corrected chi connectivity index (χ0v) is 21.3. The average molecular weight is 505 g/mol. The van der Waals surface area contributed by atoms with Gasteiger partial charge in [-0.05, 0) is 54.8 Å². The summed E-state index contributed by atoms with van der Waals surface area (Å²) in [6.45, 7) is 6.50. The number of amides is 2. The van der Waals surface area contributed by atoms with Crippen LogP contribution in [0, 0.1) is 5.92 Å². The maximum Gasteiger partial charge on any atom is 0.339 e. The molecule has 2 aromatic rings. The lowest BCUT2D eigenvalue weighted by atomic mass is 10.1. The molecule has 0 saturated carbocycles. The summed E-state index contributed by atoms with van der Waals surface area (Å²) in [5.74, 6) is -0.196. The number of anilines is 1. The van der Waals surface area contributed by atoms with Crippen molar-refractivity contribution in [1.82, 2.24) is 4.90 Å². The Morgan fingerprint density at radius 2 is 1.86 bits per heavy atom. The first-order valence-electron chi connectivity index (χ1n) is 11.5. The Kier molecular flexibility index (Phi) is 8.74. The summed E-state index contributed by atoms with van der Waals surface area (Å²) in [5, 5.41) is 2.58. The minimum atomic E-state index is -4.18. The normalized spacial score (nSPS) is 15.6. The molecule has 0 radical (unpaired) electrons. The van der Waals surface area contributed by atoms with Gasteiger partial charge in [0.1, 0.15) is 4.90 Å². The van der Waals surface area contributed by atoms with E-state index in [1.165, 1.54) is 38.3 Å². The molecule has 1 saturated heterocycles. The number of hydrogen-bond acceptors (Lipinski definition) is 7. The first kappa shape index (κ1) is 26.5. The molecular weight excluding hydrogens is 472 g/mol. The zero-order valence-electron chi connectivity index (χ0n) is 20.4. The highest BCUT2D eigenvalue weighted by Crippen LogP contribution is 2.32. The van der Waals surface area contributed by atoms with Crippen LogP contribution in [0.25, 0.3) is 0 Å². The van der Waals surface area contributed by atoms with Gasteiger partial charge < -0.3 is 23.9 Å². The van der Waals surface area contributed by atoms with Gasteiger partial charge in [-0.25, -0.2) is 0 Å². The van der Waals surface area contributed by atoms with Crippen molar-refractivity contribution < 1.29 is 31.7 Å². The first-order chi connectivity index (χ1) is 16.6.